The monoisotopic (exact) mass is 271 g/mol. The van der Waals surface area contributed by atoms with Crippen LogP contribution in [0.4, 0.5) is 18.0 Å². The van der Waals surface area contributed by atoms with Gasteiger partial charge in [0.1, 0.15) is 13.1 Å². The molecule has 0 fully saturated rings. The van der Waals surface area contributed by atoms with Gasteiger partial charge in [0.2, 0.25) is 0 Å². The van der Waals surface area contributed by atoms with Crippen LogP contribution in [0.5, 0.6) is 0 Å². The minimum atomic E-state index is -4.52. The lowest BCUT2D eigenvalue weighted by Gasteiger charge is -2.23. The summed E-state index contributed by atoms with van der Waals surface area (Å²) >= 11 is 0. The van der Waals surface area contributed by atoms with Crippen molar-refractivity contribution in [2.45, 2.75) is 6.18 Å². The van der Waals surface area contributed by atoms with Gasteiger partial charge in [0.05, 0.1) is 0 Å². The van der Waals surface area contributed by atoms with Crippen LogP contribution in [0.15, 0.2) is 0 Å². The fraction of sp³-hybridized carbons (Fsp3) is 0.778. The quantitative estimate of drug-likeness (QED) is 0.724. The zero-order valence-electron chi connectivity index (χ0n) is 10.1. The maximum atomic E-state index is 11.9. The summed E-state index contributed by atoms with van der Waals surface area (Å²) in [6, 6.07) is -1.04. The Morgan fingerprint density at radius 2 is 1.78 bits per heavy atom. The Balaban J connectivity index is 4.35. The molecular formula is C9H16F3N3O3. The van der Waals surface area contributed by atoms with Crippen molar-refractivity contribution in [3.63, 3.8) is 0 Å². The molecule has 0 aliphatic rings. The van der Waals surface area contributed by atoms with E-state index in [1.165, 1.54) is 0 Å². The maximum absolute atomic E-state index is 11.9. The van der Waals surface area contributed by atoms with E-state index in [0.717, 1.165) is 4.90 Å². The zero-order chi connectivity index (χ0) is 14.3. The number of halogens is 3. The number of nitrogens with one attached hydrogen (secondary N) is 1. The molecule has 0 aromatic heterocycles. The number of rotatable bonds is 6. The van der Waals surface area contributed by atoms with Gasteiger partial charge in [0, 0.05) is 13.1 Å². The predicted octanol–water partition coefficient (Wildman–Crippen LogP) is 0.207. The van der Waals surface area contributed by atoms with Crippen molar-refractivity contribution in [3.05, 3.63) is 0 Å². The number of nitrogens with zero attached hydrogens (tertiary/aromatic N) is 2. The number of carboxylic acid groups (broad SMARTS) is 1. The minimum absolute atomic E-state index is 0.0307. The molecule has 0 spiro atoms. The molecule has 2 amide bonds. The molecule has 0 bridgehead atoms. The highest BCUT2D eigenvalue weighted by molar-refractivity contribution is 5.80. The number of aliphatic carboxylic acids is 1. The van der Waals surface area contributed by atoms with Crippen molar-refractivity contribution in [1.29, 1.82) is 0 Å². The van der Waals surface area contributed by atoms with E-state index in [0.29, 0.717) is 6.54 Å². The summed E-state index contributed by atoms with van der Waals surface area (Å²) in [5.74, 6) is -1.28. The summed E-state index contributed by atoms with van der Waals surface area (Å²) in [4.78, 5) is 24.4. The molecule has 2 N–H and O–H groups in total. The fourth-order valence-corrected chi connectivity index (χ4v) is 1.02. The number of amides is 2. The first-order valence-corrected chi connectivity index (χ1v) is 5.08. The number of carbonyl (C=O) groups excluding carboxylic acids is 1. The third-order valence-corrected chi connectivity index (χ3v) is 1.87. The number of carboxylic acids is 1. The normalized spacial score (nSPS) is 11.4. The van der Waals surface area contributed by atoms with Gasteiger partial charge >= 0.3 is 18.2 Å². The van der Waals surface area contributed by atoms with Crippen LogP contribution in [0.2, 0.25) is 0 Å². The van der Waals surface area contributed by atoms with Crippen molar-refractivity contribution in [2.75, 3.05) is 40.3 Å². The summed E-state index contributed by atoms with van der Waals surface area (Å²) in [5.41, 5.74) is 0. The molecule has 0 aromatic carbocycles. The fourth-order valence-electron chi connectivity index (χ4n) is 1.02. The summed E-state index contributed by atoms with van der Waals surface area (Å²) < 4.78 is 35.7. The van der Waals surface area contributed by atoms with Crippen molar-refractivity contribution in [1.82, 2.24) is 15.1 Å². The molecule has 0 heterocycles. The van der Waals surface area contributed by atoms with E-state index in [4.69, 9.17) is 5.11 Å². The summed E-state index contributed by atoms with van der Waals surface area (Å²) in [5, 5.41) is 10.2. The van der Waals surface area contributed by atoms with E-state index in [1.807, 2.05) is 0 Å². The number of alkyl halides is 3. The van der Waals surface area contributed by atoms with Gasteiger partial charge in [-0.2, -0.15) is 13.2 Å². The van der Waals surface area contributed by atoms with E-state index in [1.54, 1.807) is 24.3 Å². The molecule has 0 aliphatic carbocycles. The predicted molar refractivity (Wildman–Crippen MR) is 57.2 cm³/mol. The average Bonchev–Trinajstić information content (AvgIpc) is 2.19. The molecule has 0 aliphatic heterocycles. The van der Waals surface area contributed by atoms with E-state index >= 15 is 0 Å². The van der Waals surface area contributed by atoms with Crippen LogP contribution in [0.1, 0.15) is 0 Å². The molecule has 6 nitrogen and oxygen atoms in total. The van der Waals surface area contributed by atoms with Crippen LogP contribution in [0.3, 0.4) is 0 Å². The minimum Gasteiger partial charge on any atom is -0.480 e. The molecular weight excluding hydrogens is 255 g/mol. The molecule has 0 atom stereocenters. The summed E-state index contributed by atoms with van der Waals surface area (Å²) in [7, 11) is 3.40. The van der Waals surface area contributed by atoms with Crippen molar-refractivity contribution < 1.29 is 27.9 Å². The molecule has 0 saturated heterocycles. The average molecular weight is 271 g/mol. The Morgan fingerprint density at radius 1 is 1.22 bits per heavy atom. The highest BCUT2D eigenvalue weighted by atomic mass is 19.4. The Kier molecular flexibility index (Phi) is 6.45. The number of urea groups is 1. The second kappa shape index (κ2) is 7.04. The van der Waals surface area contributed by atoms with E-state index in [-0.39, 0.29) is 6.54 Å². The lowest BCUT2D eigenvalue weighted by atomic mass is 10.4. The van der Waals surface area contributed by atoms with Gasteiger partial charge < -0.3 is 20.2 Å². The molecule has 0 saturated carbocycles. The third kappa shape index (κ3) is 8.62. The van der Waals surface area contributed by atoms with Gasteiger partial charge in [-0.15, -0.1) is 0 Å². The molecule has 106 valence electrons. The molecule has 0 rings (SSSR count). The van der Waals surface area contributed by atoms with Crippen LogP contribution < -0.4 is 5.32 Å². The third-order valence-electron chi connectivity index (χ3n) is 1.87. The molecule has 0 unspecified atom stereocenters. The van der Waals surface area contributed by atoms with Gasteiger partial charge in [0.25, 0.3) is 0 Å². The maximum Gasteiger partial charge on any atom is 0.405 e. The summed E-state index contributed by atoms with van der Waals surface area (Å²) in [6.45, 7) is -1.74. The van der Waals surface area contributed by atoms with Gasteiger partial charge in [-0.3, -0.25) is 4.79 Å². The number of hydrogen-bond acceptors (Lipinski definition) is 3. The van der Waals surface area contributed by atoms with Crippen LogP contribution in [-0.2, 0) is 4.79 Å². The highest BCUT2D eigenvalue weighted by Gasteiger charge is 2.29. The zero-order valence-corrected chi connectivity index (χ0v) is 10.1. The number of likely N-dealkylation sites (N-methyl/N-ethyl adjacent to an activating group) is 1. The van der Waals surface area contributed by atoms with Crippen LogP contribution in [0.25, 0.3) is 0 Å². The van der Waals surface area contributed by atoms with E-state index in [9.17, 15) is 22.8 Å². The molecule has 0 aromatic rings. The standard InChI is InChI=1S/C9H16F3N3O3/c1-14(2)3-4-15(5-7(16)17)8(18)13-6-9(10,11)12/h3-6H2,1-2H3,(H,13,18)(H,16,17). The topological polar surface area (TPSA) is 72.9 Å². The van der Waals surface area contributed by atoms with Gasteiger partial charge in [-0.1, -0.05) is 0 Å². The van der Waals surface area contributed by atoms with Gasteiger partial charge in [-0.25, -0.2) is 4.79 Å². The molecule has 9 heteroatoms. The highest BCUT2D eigenvalue weighted by Crippen LogP contribution is 2.12. The molecule has 0 radical (unpaired) electrons. The van der Waals surface area contributed by atoms with E-state index in [2.05, 4.69) is 0 Å². The smallest absolute Gasteiger partial charge is 0.405 e. The second-order valence-corrected chi connectivity index (χ2v) is 3.89. The summed E-state index contributed by atoms with van der Waals surface area (Å²) in [6.07, 6.45) is -4.52. The first-order valence-electron chi connectivity index (χ1n) is 5.08. The van der Waals surface area contributed by atoms with Crippen molar-refractivity contribution in [2.24, 2.45) is 0 Å². The first-order chi connectivity index (χ1) is 8.11. The van der Waals surface area contributed by atoms with Crippen LogP contribution >= 0.6 is 0 Å². The Bertz CT molecular complexity index is 295. The van der Waals surface area contributed by atoms with Crippen molar-refractivity contribution in [3.8, 4) is 0 Å². The first kappa shape index (κ1) is 16.5. The number of carbonyl (C=O) groups is 2. The van der Waals surface area contributed by atoms with Crippen LogP contribution in [-0.4, -0.2) is 73.4 Å². The van der Waals surface area contributed by atoms with Crippen LogP contribution in [0, 0.1) is 0 Å². The SMILES string of the molecule is CN(C)CCN(CC(=O)O)C(=O)NCC(F)(F)F. The molecule has 18 heavy (non-hydrogen) atoms. The van der Waals surface area contributed by atoms with Gasteiger partial charge in [-0.05, 0) is 14.1 Å². The second-order valence-electron chi connectivity index (χ2n) is 3.89. The lowest BCUT2D eigenvalue weighted by Crippen LogP contribution is -2.47. The lowest BCUT2D eigenvalue weighted by molar-refractivity contribution is -0.137. The number of hydrogen-bond donors (Lipinski definition) is 2. The Labute approximate surface area is 102 Å². The Hall–Kier alpha value is -1.51. The Morgan fingerprint density at radius 3 is 2.17 bits per heavy atom. The van der Waals surface area contributed by atoms with Gasteiger partial charge in [0.15, 0.2) is 0 Å². The van der Waals surface area contributed by atoms with E-state index < -0.39 is 31.3 Å². The largest absolute Gasteiger partial charge is 0.480 e. The van der Waals surface area contributed by atoms with Crippen molar-refractivity contribution >= 4 is 12.0 Å².